The highest BCUT2D eigenvalue weighted by Crippen LogP contribution is 2.15. The van der Waals surface area contributed by atoms with Gasteiger partial charge in [0.05, 0.1) is 6.61 Å². The molecule has 1 aromatic carbocycles. The van der Waals surface area contributed by atoms with Crippen LogP contribution in [0.4, 0.5) is 4.39 Å². The van der Waals surface area contributed by atoms with Gasteiger partial charge in [0, 0.05) is 13.0 Å². The summed E-state index contributed by atoms with van der Waals surface area (Å²) in [5.74, 6) is 0.138. The highest BCUT2D eigenvalue weighted by Gasteiger charge is 2.03. The number of benzene rings is 1. The van der Waals surface area contributed by atoms with E-state index >= 15 is 0 Å². The lowest BCUT2D eigenvalue weighted by Crippen LogP contribution is -2.01. The van der Waals surface area contributed by atoms with Crippen molar-refractivity contribution in [3.05, 3.63) is 35.6 Å². The molecule has 0 spiro atoms. The predicted molar refractivity (Wildman–Crippen MR) is 46.7 cm³/mol. The maximum Gasteiger partial charge on any atom is 0.123 e. The van der Waals surface area contributed by atoms with Crippen molar-refractivity contribution >= 4 is 0 Å². The Morgan fingerprint density at radius 1 is 1.33 bits per heavy atom. The molecule has 0 aliphatic carbocycles. The van der Waals surface area contributed by atoms with Crippen molar-refractivity contribution in [3.8, 4) is 0 Å². The molecule has 12 heavy (non-hydrogen) atoms. The van der Waals surface area contributed by atoms with E-state index in [9.17, 15) is 4.39 Å². The molecule has 0 radical (unpaired) electrons. The molecule has 0 amide bonds. The normalized spacial score (nSPS) is 12.9. The Hall–Kier alpha value is -0.890. The van der Waals surface area contributed by atoms with E-state index in [1.54, 1.807) is 19.2 Å². The van der Waals surface area contributed by atoms with Crippen LogP contribution >= 0.6 is 0 Å². The van der Waals surface area contributed by atoms with Gasteiger partial charge in [-0.1, -0.05) is 19.1 Å². The van der Waals surface area contributed by atoms with Crippen LogP contribution in [0.1, 0.15) is 18.4 Å². The smallest absolute Gasteiger partial charge is 0.123 e. The summed E-state index contributed by atoms with van der Waals surface area (Å²) in [7, 11) is 1.67. The molecular weight excluding hydrogens is 155 g/mol. The molecule has 0 saturated heterocycles. The van der Waals surface area contributed by atoms with E-state index < -0.39 is 0 Å². The SMILES string of the molecule is COCC(C)c1ccc(F)cc1. The maximum absolute atomic E-state index is 12.5. The first-order valence-corrected chi connectivity index (χ1v) is 3.98. The molecule has 0 saturated carbocycles. The average molecular weight is 168 g/mol. The fourth-order valence-electron chi connectivity index (χ4n) is 1.14. The van der Waals surface area contributed by atoms with Crippen molar-refractivity contribution in [1.29, 1.82) is 0 Å². The lowest BCUT2D eigenvalue weighted by Gasteiger charge is -2.09. The topological polar surface area (TPSA) is 9.23 Å². The second-order valence-corrected chi connectivity index (χ2v) is 2.91. The summed E-state index contributed by atoms with van der Waals surface area (Å²) < 4.78 is 17.5. The summed E-state index contributed by atoms with van der Waals surface area (Å²) in [5.41, 5.74) is 1.11. The van der Waals surface area contributed by atoms with Crippen LogP contribution in [0.15, 0.2) is 24.3 Å². The van der Waals surface area contributed by atoms with Gasteiger partial charge in [-0.25, -0.2) is 4.39 Å². The third kappa shape index (κ3) is 2.31. The van der Waals surface area contributed by atoms with E-state index in [1.165, 1.54) is 12.1 Å². The van der Waals surface area contributed by atoms with E-state index in [1.807, 2.05) is 0 Å². The Morgan fingerprint density at radius 3 is 2.42 bits per heavy atom. The van der Waals surface area contributed by atoms with Gasteiger partial charge < -0.3 is 4.74 Å². The molecule has 1 aromatic rings. The highest BCUT2D eigenvalue weighted by molar-refractivity contribution is 5.19. The summed E-state index contributed by atoms with van der Waals surface area (Å²) in [6.45, 7) is 2.72. The standard InChI is InChI=1S/C10H13FO/c1-8(7-12-2)9-3-5-10(11)6-4-9/h3-6,8H,7H2,1-2H3. The molecule has 0 heterocycles. The van der Waals surface area contributed by atoms with E-state index in [0.717, 1.165) is 5.56 Å². The third-order valence-electron chi connectivity index (χ3n) is 1.86. The van der Waals surface area contributed by atoms with E-state index in [4.69, 9.17) is 4.74 Å². The van der Waals surface area contributed by atoms with E-state index in [0.29, 0.717) is 12.5 Å². The Labute approximate surface area is 72.2 Å². The fraction of sp³-hybridized carbons (Fsp3) is 0.400. The summed E-state index contributed by atoms with van der Waals surface area (Å²) in [4.78, 5) is 0. The Bertz CT molecular complexity index is 230. The monoisotopic (exact) mass is 168 g/mol. The largest absolute Gasteiger partial charge is 0.384 e. The zero-order chi connectivity index (χ0) is 8.97. The number of halogens is 1. The molecule has 0 bridgehead atoms. The second kappa shape index (κ2) is 4.21. The predicted octanol–water partition coefficient (Wildman–Crippen LogP) is 2.58. The van der Waals surface area contributed by atoms with Gasteiger partial charge in [0.25, 0.3) is 0 Å². The maximum atomic E-state index is 12.5. The van der Waals surface area contributed by atoms with Crippen molar-refractivity contribution in [3.63, 3.8) is 0 Å². The van der Waals surface area contributed by atoms with Gasteiger partial charge >= 0.3 is 0 Å². The van der Waals surface area contributed by atoms with Crippen molar-refractivity contribution in [1.82, 2.24) is 0 Å². The zero-order valence-corrected chi connectivity index (χ0v) is 7.38. The van der Waals surface area contributed by atoms with Crippen molar-refractivity contribution in [2.75, 3.05) is 13.7 Å². The molecule has 0 aromatic heterocycles. The van der Waals surface area contributed by atoms with Gasteiger partial charge in [-0.3, -0.25) is 0 Å². The summed E-state index contributed by atoms with van der Waals surface area (Å²) >= 11 is 0. The van der Waals surface area contributed by atoms with Gasteiger partial charge in [-0.2, -0.15) is 0 Å². The van der Waals surface area contributed by atoms with Crippen molar-refractivity contribution < 1.29 is 9.13 Å². The minimum Gasteiger partial charge on any atom is -0.384 e. The number of methoxy groups -OCH3 is 1. The van der Waals surface area contributed by atoms with Gasteiger partial charge in [0.1, 0.15) is 5.82 Å². The Balaban J connectivity index is 2.68. The van der Waals surface area contributed by atoms with E-state index in [-0.39, 0.29) is 5.82 Å². The fourth-order valence-corrected chi connectivity index (χ4v) is 1.14. The molecule has 66 valence electrons. The lowest BCUT2D eigenvalue weighted by atomic mass is 10.0. The first kappa shape index (κ1) is 9.20. The van der Waals surface area contributed by atoms with E-state index in [2.05, 4.69) is 6.92 Å². The second-order valence-electron chi connectivity index (χ2n) is 2.91. The van der Waals surface area contributed by atoms with Crippen LogP contribution in [-0.4, -0.2) is 13.7 Å². The minimum absolute atomic E-state index is 0.191. The lowest BCUT2D eigenvalue weighted by molar-refractivity contribution is 0.184. The molecule has 0 fully saturated rings. The third-order valence-corrected chi connectivity index (χ3v) is 1.86. The first-order chi connectivity index (χ1) is 5.74. The average Bonchev–Trinajstić information content (AvgIpc) is 2.06. The molecule has 1 unspecified atom stereocenters. The molecule has 0 aliphatic heterocycles. The molecule has 1 atom stereocenters. The van der Waals surface area contributed by atoms with Crippen LogP contribution in [0.25, 0.3) is 0 Å². The Morgan fingerprint density at radius 2 is 1.92 bits per heavy atom. The van der Waals surface area contributed by atoms with Crippen molar-refractivity contribution in [2.45, 2.75) is 12.8 Å². The molecule has 2 heteroatoms. The summed E-state index contributed by atoms with van der Waals surface area (Å²) in [6.07, 6.45) is 0. The quantitative estimate of drug-likeness (QED) is 0.674. The van der Waals surface area contributed by atoms with Crippen LogP contribution in [0.2, 0.25) is 0 Å². The summed E-state index contributed by atoms with van der Waals surface area (Å²) in [5, 5.41) is 0. The van der Waals surface area contributed by atoms with Crippen LogP contribution in [0.3, 0.4) is 0 Å². The highest BCUT2D eigenvalue weighted by atomic mass is 19.1. The molecule has 1 nitrogen and oxygen atoms in total. The zero-order valence-electron chi connectivity index (χ0n) is 7.38. The van der Waals surface area contributed by atoms with Gasteiger partial charge in [0.15, 0.2) is 0 Å². The van der Waals surface area contributed by atoms with Gasteiger partial charge in [-0.05, 0) is 17.7 Å². The number of hydrogen-bond donors (Lipinski definition) is 0. The van der Waals surface area contributed by atoms with Gasteiger partial charge in [0.2, 0.25) is 0 Å². The molecule has 1 rings (SSSR count). The summed E-state index contributed by atoms with van der Waals surface area (Å²) in [6, 6.07) is 6.53. The number of hydrogen-bond acceptors (Lipinski definition) is 1. The number of rotatable bonds is 3. The minimum atomic E-state index is -0.191. The first-order valence-electron chi connectivity index (χ1n) is 3.98. The number of ether oxygens (including phenoxy) is 1. The van der Waals surface area contributed by atoms with Crippen LogP contribution < -0.4 is 0 Å². The molecular formula is C10H13FO. The van der Waals surface area contributed by atoms with Crippen molar-refractivity contribution in [2.24, 2.45) is 0 Å². The van der Waals surface area contributed by atoms with Gasteiger partial charge in [-0.15, -0.1) is 0 Å². The molecule has 0 N–H and O–H groups in total. The molecule has 0 aliphatic rings. The van der Waals surface area contributed by atoms with Crippen LogP contribution in [0, 0.1) is 5.82 Å². The Kier molecular flexibility index (Phi) is 3.23. The van der Waals surface area contributed by atoms with Crippen LogP contribution in [-0.2, 0) is 4.74 Å². The van der Waals surface area contributed by atoms with Crippen LogP contribution in [0.5, 0.6) is 0 Å².